The van der Waals surface area contributed by atoms with Crippen LogP contribution in [0.15, 0.2) is 65.6 Å². The molecule has 0 aromatic heterocycles. The van der Waals surface area contributed by atoms with Crippen molar-refractivity contribution < 1.29 is 22.5 Å². The van der Waals surface area contributed by atoms with Gasteiger partial charge in [-0.3, -0.25) is 0 Å². The molecular formula is C27H21I2O5S-. The van der Waals surface area contributed by atoms with Gasteiger partial charge in [0.25, 0.3) is 0 Å². The Kier molecular flexibility index (Phi) is 7.08. The average molecular weight is 711 g/mol. The van der Waals surface area contributed by atoms with Gasteiger partial charge in [0.05, 0.1) is 10.5 Å². The van der Waals surface area contributed by atoms with Crippen LogP contribution in [0.25, 0.3) is 21.5 Å². The van der Waals surface area contributed by atoms with E-state index in [1.807, 2.05) is 6.07 Å². The molecule has 5 rings (SSSR count). The smallest absolute Gasteiger partial charge is 0.343 e. The van der Waals surface area contributed by atoms with Crippen LogP contribution in [-0.4, -0.2) is 18.9 Å². The maximum Gasteiger partial charge on any atom is 0.343 e. The molecule has 5 nitrogen and oxygen atoms in total. The van der Waals surface area contributed by atoms with E-state index in [-0.39, 0.29) is 21.4 Å². The van der Waals surface area contributed by atoms with E-state index in [4.69, 9.17) is 4.74 Å². The number of hydrogen-bond donors (Lipinski definition) is 0. The van der Waals surface area contributed by atoms with Crippen molar-refractivity contribution in [2.75, 3.05) is 0 Å². The Balaban J connectivity index is 1.71. The Labute approximate surface area is 231 Å². The van der Waals surface area contributed by atoms with Crippen LogP contribution in [0.2, 0.25) is 0 Å². The zero-order valence-corrected chi connectivity index (χ0v) is 23.7. The highest BCUT2D eigenvalue weighted by Crippen LogP contribution is 2.42. The van der Waals surface area contributed by atoms with Crippen molar-refractivity contribution in [3.05, 3.63) is 78.9 Å². The molecule has 0 bridgehead atoms. The summed E-state index contributed by atoms with van der Waals surface area (Å²) in [6, 6.07) is 17.3. The van der Waals surface area contributed by atoms with Gasteiger partial charge in [-0.25, -0.2) is 13.2 Å². The van der Waals surface area contributed by atoms with Gasteiger partial charge in [-0.1, -0.05) is 67.8 Å². The number of halogens is 2. The summed E-state index contributed by atoms with van der Waals surface area (Å²) in [5.74, 6) is 0.0868. The lowest BCUT2D eigenvalue weighted by atomic mass is 9.82. The lowest BCUT2D eigenvalue weighted by Gasteiger charge is -2.25. The summed E-state index contributed by atoms with van der Waals surface area (Å²) >= 11 is 4.52. The van der Waals surface area contributed by atoms with E-state index in [2.05, 4.69) is 51.2 Å². The molecule has 0 radical (unpaired) electrons. The van der Waals surface area contributed by atoms with E-state index < -0.39 is 16.1 Å². The summed E-state index contributed by atoms with van der Waals surface area (Å²) in [5, 5.41) is 1.31. The van der Waals surface area contributed by atoms with Gasteiger partial charge in [0.15, 0.2) is 0 Å². The largest absolute Gasteiger partial charge is 0.744 e. The van der Waals surface area contributed by atoms with Gasteiger partial charge in [-0.15, -0.1) is 0 Å². The van der Waals surface area contributed by atoms with E-state index in [0.29, 0.717) is 22.3 Å². The second-order valence-electron chi connectivity index (χ2n) is 8.78. The minimum Gasteiger partial charge on any atom is -0.744 e. The molecule has 1 aliphatic rings. The van der Waals surface area contributed by atoms with Gasteiger partial charge in [0.2, 0.25) is 0 Å². The van der Waals surface area contributed by atoms with Crippen molar-refractivity contribution in [2.24, 2.45) is 0 Å². The van der Waals surface area contributed by atoms with E-state index >= 15 is 0 Å². The average Bonchev–Trinajstić information content (AvgIpc) is 2.83. The molecule has 0 unspecified atom stereocenters. The number of rotatable bonds is 4. The maximum absolute atomic E-state index is 13.7. The Morgan fingerprint density at radius 2 is 1.40 bits per heavy atom. The van der Waals surface area contributed by atoms with E-state index in [1.165, 1.54) is 6.42 Å². The summed E-state index contributed by atoms with van der Waals surface area (Å²) in [6.45, 7) is 0. The van der Waals surface area contributed by atoms with E-state index in [0.717, 1.165) is 38.4 Å². The van der Waals surface area contributed by atoms with Crippen LogP contribution in [0.1, 0.15) is 53.9 Å². The molecule has 0 amide bonds. The second-order valence-corrected chi connectivity index (χ2v) is 12.5. The number of carbonyl (C=O) groups excluding carboxylic acids is 1. The molecule has 1 saturated carbocycles. The number of carbonyl (C=O) groups is 1. The summed E-state index contributed by atoms with van der Waals surface area (Å²) in [4.78, 5) is 13.4. The standard InChI is InChI=1S/C27H22I2O5S/c28-17-14-22(24(23(29)15-17)16-8-2-1-3-9-16)27(30)34-25-18-10-4-6-12-20(18)26(35(31,32)33)21-13-7-5-11-19(21)25/h4-7,10-16H,1-3,8-9H2,(H,31,32,33)/p-1. The highest BCUT2D eigenvalue weighted by Gasteiger charge is 2.27. The molecule has 0 saturated heterocycles. The molecule has 180 valence electrons. The van der Waals surface area contributed by atoms with Gasteiger partial charge >= 0.3 is 5.97 Å². The Bertz CT molecular complexity index is 1520. The highest BCUT2D eigenvalue weighted by molar-refractivity contribution is 14.1. The summed E-state index contributed by atoms with van der Waals surface area (Å²) in [7, 11) is -4.78. The molecule has 4 aromatic carbocycles. The fraction of sp³-hybridized carbons (Fsp3) is 0.222. The minimum absolute atomic E-state index is 0.244. The van der Waals surface area contributed by atoms with Crippen molar-refractivity contribution in [3.63, 3.8) is 0 Å². The molecular weight excluding hydrogens is 690 g/mol. The molecule has 4 aromatic rings. The van der Waals surface area contributed by atoms with Crippen molar-refractivity contribution in [3.8, 4) is 5.75 Å². The van der Waals surface area contributed by atoms with Crippen LogP contribution in [0.4, 0.5) is 0 Å². The lowest BCUT2D eigenvalue weighted by Crippen LogP contribution is -2.17. The maximum atomic E-state index is 13.7. The third-order valence-corrected chi connectivity index (χ3v) is 9.06. The SMILES string of the molecule is O=C(Oc1c2ccccc2c(S(=O)(=O)[O-])c2ccccc12)c1cc(I)cc(I)c1C1CCCCC1. The highest BCUT2D eigenvalue weighted by atomic mass is 127. The van der Waals surface area contributed by atoms with E-state index in [1.54, 1.807) is 48.5 Å². The van der Waals surface area contributed by atoms with Gasteiger partial charge in [0.1, 0.15) is 15.9 Å². The monoisotopic (exact) mass is 711 g/mol. The molecule has 0 atom stereocenters. The van der Waals surface area contributed by atoms with Crippen molar-refractivity contribution in [1.29, 1.82) is 0 Å². The van der Waals surface area contributed by atoms with Gasteiger partial charge in [-0.05, 0) is 81.6 Å². The van der Waals surface area contributed by atoms with E-state index in [9.17, 15) is 17.8 Å². The first-order valence-corrected chi connectivity index (χ1v) is 14.9. The fourth-order valence-corrected chi connectivity index (χ4v) is 8.31. The minimum atomic E-state index is -4.78. The second kappa shape index (κ2) is 9.95. The van der Waals surface area contributed by atoms with Gasteiger partial charge in [-0.2, -0.15) is 0 Å². The number of benzene rings is 4. The number of ether oxygens (including phenoxy) is 1. The third-order valence-electron chi connectivity index (χ3n) is 6.61. The molecule has 0 heterocycles. The van der Waals surface area contributed by atoms with Crippen LogP contribution in [0.5, 0.6) is 5.75 Å². The Hall–Kier alpha value is -1.76. The molecule has 35 heavy (non-hydrogen) atoms. The number of hydrogen-bond acceptors (Lipinski definition) is 5. The van der Waals surface area contributed by atoms with Crippen molar-refractivity contribution in [1.82, 2.24) is 0 Å². The molecule has 1 fully saturated rings. The Morgan fingerprint density at radius 3 is 1.94 bits per heavy atom. The third kappa shape index (κ3) is 4.82. The normalized spacial score (nSPS) is 14.9. The topological polar surface area (TPSA) is 83.5 Å². The van der Waals surface area contributed by atoms with Crippen molar-refractivity contribution >= 4 is 82.8 Å². The summed E-state index contributed by atoms with van der Waals surface area (Å²) in [6.07, 6.45) is 5.57. The first kappa shape index (κ1) is 24.9. The van der Waals surface area contributed by atoms with Crippen molar-refractivity contribution in [2.45, 2.75) is 42.9 Å². The first-order valence-electron chi connectivity index (χ1n) is 11.4. The number of fused-ring (bicyclic) bond motifs is 2. The van der Waals surface area contributed by atoms with Crippen LogP contribution in [-0.2, 0) is 10.1 Å². The van der Waals surface area contributed by atoms with Crippen LogP contribution in [0, 0.1) is 7.14 Å². The Morgan fingerprint density at radius 1 is 0.857 bits per heavy atom. The van der Waals surface area contributed by atoms with Crippen LogP contribution in [0.3, 0.4) is 0 Å². The molecule has 0 N–H and O–H groups in total. The van der Waals surface area contributed by atoms with Crippen LogP contribution < -0.4 is 4.74 Å². The summed E-state index contributed by atoms with van der Waals surface area (Å²) < 4.78 is 44.8. The van der Waals surface area contributed by atoms with Gasteiger partial charge in [0, 0.05) is 28.7 Å². The molecule has 0 aliphatic heterocycles. The molecule has 1 aliphatic carbocycles. The molecule has 0 spiro atoms. The van der Waals surface area contributed by atoms with Crippen LogP contribution >= 0.6 is 45.2 Å². The number of esters is 1. The predicted octanol–water partition coefficient (Wildman–Crippen LogP) is 7.37. The lowest BCUT2D eigenvalue weighted by molar-refractivity contribution is 0.0737. The fourth-order valence-electron chi connectivity index (χ4n) is 5.14. The zero-order valence-electron chi connectivity index (χ0n) is 18.6. The quantitative estimate of drug-likeness (QED) is 0.0726. The predicted molar refractivity (Wildman–Crippen MR) is 152 cm³/mol. The molecule has 8 heteroatoms. The first-order chi connectivity index (χ1) is 16.8. The zero-order chi connectivity index (χ0) is 24.7. The summed E-state index contributed by atoms with van der Waals surface area (Å²) in [5.41, 5.74) is 1.57. The van der Waals surface area contributed by atoms with Gasteiger partial charge < -0.3 is 9.29 Å².